The number of rotatable bonds is 11. The SMILES string of the molecule is COc1cc(C=O)cc(I)c1OC1C=C(C(=O)NCCO)CC(N(C(=O)Cc2ccccc2)C2CCCCC2)C1O. The predicted octanol–water partition coefficient (Wildman–Crippen LogP) is 3.43. The lowest BCUT2D eigenvalue weighted by Crippen LogP contribution is -2.58. The number of amides is 2. The van der Waals surface area contributed by atoms with Gasteiger partial charge in [-0.15, -0.1) is 0 Å². The number of nitrogens with zero attached hydrogens (tertiary/aromatic N) is 1. The summed E-state index contributed by atoms with van der Waals surface area (Å²) in [7, 11) is 1.46. The summed E-state index contributed by atoms with van der Waals surface area (Å²) >= 11 is 2.04. The largest absolute Gasteiger partial charge is 0.493 e. The standard InChI is InChI=1S/C31H37IN2O7/c1-40-27-15-21(19-36)14-24(32)30(27)41-26-18-22(31(39)33-12-13-35)17-25(29(26)38)34(23-10-6-3-7-11-23)28(37)16-20-8-4-2-5-9-20/h2,4-5,8-9,14-15,18-19,23,25-26,29,35,38H,3,6-7,10-13,16-17H2,1H3,(H,33,39). The topological polar surface area (TPSA) is 125 Å². The first-order valence-electron chi connectivity index (χ1n) is 14.0. The van der Waals surface area contributed by atoms with Gasteiger partial charge in [0.2, 0.25) is 11.8 Å². The third-order valence-electron chi connectivity index (χ3n) is 7.67. The molecule has 0 saturated heterocycles. The second kappa shape index (κ2) is 14.8. The molecule has 4 rings (SSSR count). The van der Waals surface area contributed by atoms with Crippen LogP contribution in [0.4, 0.5) is 0 Å². The van der Waals surface area contributed by atoms with Crippen molar-refractivity contribution < 1.29 is 34.1 Å². The maximum Gasteiger partial charge on any atom is 0.247 e. The molecule has 0 bridgehead atoms. The van der Waals surface area contributed by atoms with Crippen molar-refractivity contribution in [2.45, 2.75) is 69.2 Å². The lowest BCUT2D eigenvalue weighted by molar-refractivity contribution is -0.142. The quantitative estimate of drug-likeness (QED) is 0.246. The van der Waals surface area contributed by atoms with Gasteiger partial charge in [0, 0.05) is 30.1 Å². The van der Waals surface area contributed by atoms with E-state index in [4.69, 9.17) is 9.47 Å². The molecule has 2 aliphatic carbocycles. The van der Waals surface area contributed by atoms with Gasteiger partial charge < -0.3 is 29.9 Å². The number of aliphatic hydroxyl groups is 2. The molecule has 0 radical (unpaired) electrons. The van der Waals surface area contributed by atoms with E-state index in [1.807, 2.05) is 52.9 Å². The second-order valence-electron chi connectivity index (χ2n) is 10.4. The molecule has 0 heterocycles. The smallest absolute Gasteiger partial charge is 0.247 e. The van der Waals surface area contributed by atoms with Crippen molar-refractivity contribution >= 4 is 40.7 Å². The minimum atomic E-state index is -1.14. The molecule has 0 spiro atoms. The number of hydrogen-bond donors (Lipinski definition) is 3. The summed E-state index contributed by atoms with van der Waals surface area (Å²) in [5.74, 6) is 0.152. The van der Waals surface area contributed by atoms with Crippen LogP contribution in [0.15, 0.2) is 54.1 Å². The summed E-state index contributed by atoms with van der Waals surface area (Å²) in [6, 6.07) is 11.9. The van der Waals surface area contributed by atoms with Crippen molar-refractivity contribution in [1.29, 1.82) is 0 Å². The Morgan fingerprint density at radius 3 is 2.54 bits per heavy atom. The van der Waals surface area contributed by atoms with E-state index in [2.05, 4.69) is 5.32 Å². The van der Waals surface area contributed by atoms with Crippen molar-refractivity contribution in [2.75, 3.05) is 20.3 Å². The van der Waals surface area contributed by atoms with Gasteiger partial charge in [-0.3, -0.25) is 14.4 Å². The van der Waals surface area contributed by atoms with Crippen LogP contribution < -0.4 is 14.8 Å². The zero-order valence-electron chi connectivity index (χ0n) is 23.1. The lowest BCUT2D eigenvalue weighted by atomic mass is 9.84. The van der Waals surface area contributed by atoms with Crippen molar-refractivity contribution in [3.05, 3.63) is 68.8 Å². The van der Waals surface area contributed by atoms with Crippen molar-refractivity contribution in [3.8, 4) is 11.5 Å². The molecule has 3 unspecified atom stereocenters. The molecule has 9 nitrogen and oxygen atoms in total. The Balaban J connectivity index is 1.72. The van der Waals surface area contributed by atoms with Gasteiger partial charge in [0.15, 0.2) is 11.5 Å². The molecular formula is C31H37IN2O7. The van der Waals surface area contributed by atoms with Crippen molar-refractivity contribution in [1.82, 2.24) is 10.2 Å². The molecular weight excluding hydrogens is 639 g/mol. The molecule has 2 aliphatic rings. The number of halogens is 1. The zero-order valence-corrected chi connectivity index (χ0v) is 25.3. The first-order valence-corrected chi connectivity index (χ1v) is 15.1. The molecule has 1 saturated carbocycles. The van der Waals surface area contributed by atoms with Gasteiger partial charge in [-0.2, -0.15) is 0 Å². The summed E-state index contributed by atoms with van der Waals surface area (Å²) < 4.78 is 12.4. The first kappa shape index (κ1) is 31.0. The highest BCUT2D eigenvalue weighted by molar-refractivity contribution is 14.1. The van der Waals surface area contributed by atoms with Gasteiger partial charge in [-0.05, 0) is 59.2 Å². The number of aldehydes is 1. The Morgan fingerprint density at radius 2 is 1.88 bits per heavy atom. The molecule has 0 aromatic heterocycles. The van der Waals surface area contributed by atoms with E-state index in [1.54, 1.807) is 23.1 Å². The van der Waals surface area contributed by atoms with Gasteiger partial charge in [0.25, 0.3) is 0 Å². The van der Waals surface area contributed by atoms with Gasteiger partial charge in [0.05, 0.1) is 29.7 Å². The molecule has 3 N–H and O–H groups in total. The number of carbonyl (C=O) groups excluding carboxylic acids is 3. The highest BCUT2D eigenvalue weighted by atomic mass is 127. The number of methoxy groups -OCH3 is 1. The third-order valence-corrected chi connectivity index (χ3v) is 8.47. The Hall–Kier alpha value is -2.96. The molecule has 41 heavy (non-hydrogen) atoms. The number of benzene rings is 2. The first-order chi connectivity index (χ1) is 19.9. The zero-order chi connectivity index (χ0) is 29.4. The molecule has 1 fully saturated rings. The number of ether oxygens (including phenoxy) is 2. The number of hydrogen-bond acceptors (Lipinski definition) is 7. The fourth-order valence-electron chi connectivity index (χ4n) is 5.69. The average Bonchev–Trinajstić information content (AvgIpc) is 2.99. The minimum Gasteiger partial charge on any atom is -0.493 e. The summed E-state index contributed by atoms with van der Waals surface area (Å²) in [6.07, 6.45) is 5.21. The van der Waals surface area contributed by atoms with Crippen LogP contribution >= 0.6 is 22.6 Å². The van der Waals surface area contributed by atoms with Crippen LogP contribution in [0.3, 0.4) is 0 Å². The van der Waals surface area contributed by atoms with Crippen LogP contribution in [-0.2, 0) is 16.0 Å². The maximum absolute atomic E-state index is 14.0. The molecule has 3 atom stereocenters. The summed E-state index contributed by atoms with van der Waals surface area (Å²) in [5, 5.41) is 23.8. The van der Waals surface area contributed by atoms with Crippen molar-refractivity contribution in [3.63, 3.8) is 0 Å². The van der Waals surface area contributed by atoms with Gasteiger partial charge in [-0.1, -0.05) is 49.6 Å². The van der Waals surface area contributed by atoms with E-state index in [-0.39, 0.29) is 43.8 Å². The van der Waals surface area contributed by atoms with E-state index < -0.39 is 18.2 Å². The predicted molar refractivity (Wildman–Crippen MR) is 162 cm³/mol. The molecule has 2 aromatic carbocycles. The monoisotopic (exact) mass is 676 g/mol. The molecule has 0 aliphatic heterocycles. The maximum atomic E-state index is 14.0. The number of aliphatic hydroxyl groups excluding tert-OH is 2. The van der Waals surface area contributed by atoms with E-state index in [9.17, 15) is 24.6 Å². The average molecular weight is 677 g/mol. The Labute approximate surface area is 254 Å². The highest BCUT2D eigenvalue weighted by Crippen LogP contribution is 2.38. The molecule has 2 amide bonds. The van der Waals surface area contributed by atoms with Gasteiger partial charge in [-0.25, -0.2) is 0 Å². The Morgan fingerprint density at radius 1 is 1.15 bits per heavy atom. The van der Waals surface area contributed by atoms with Crippen LogP contribution in [0.2, 0.25) is 0 Å². The summed E-state index contributed by atoms with van der Waals surface area (Å²) in [5.41, 5.74) is 1.66. The van der Waals surface area contributed by atoms with Crippen LogP contribution in [0, 0.1) is 3.57 Å². The molecule has 10 heteroatoms. The third kappa shape index (κ3) is 7.66. The normalized spacial score (nSPS) is 21.0. The van der Waals surface area contributed by atoms with Gasteiger partial charge in [0.1, 0.15) is 18.5 Å². The molecule has 2 aromatic rings. The fraction of sp³-hybridized carbons (Fsp3) is 0.452. The minimum absolute atomic E-state index is 0.0679. The van der Waals surface area contributed by atoms with Gasteiger partial charge >= 0.3 is 0 Å². The van der Waals surface area contributed by atoms with Crippen LogP contribution in [-0.4, -0.2) is 77.8 Å². The van der Waals surface area contributed by atoms with Crippen LogP contribution in [0.1, 0.15) is 54.4 Å². The fourth-order valence-corrected chi connectivity index (χ4v) is 6.44. The second-order valence-corrected chi connectivity index (χ2v) is 11.6. The number of carbonyl (C=O) groups is 3. The summed E-state index contributed by atoms with van der Waals surface area (Å²) in [6.45, 7) is -0.139. The highest BCUT2D eigenvalue weighted by Gasteiger charge is 2.43. The summed E-state index contributed by atoms with van der Waals surface area (Å²) in [4.78, 5) is 40.3. The van der Waals surface area contributed by atoms with Crippen LogP contribution in [0.5, 0.6) is 11.5 Å². The van der Waals surface area contributed by atoms with E-state index in [0.717, 1.165) is 37.7 Å². The Bertz CT molecular complexity index is 1250. The Kier molecular flexibility index (Phi) is 11.2. The van der Waals surface area contributed by atoms with Crippen molar-refractivity contribution in [2.24, 2.45) is 0 Å². The van der Waals surface area contributed by atoms with E-state index in [0.29, 0.717) is 32.5 Å². The number of nitrogens with one attached hydrogen (secondary N) is 1. The van der Waals surface area contributed by atoms with Crippen LogP contribution in [0.25, 0.3) is 0 Å². The van der Waals surface area contributed by atoms with E-state index >= 15 is 0 Å². The molecule has 220 valence electrons. The van der Waals surface area contributed by atoms with E-state index in [1.165, 1.54) is 7.11 Å². The lowest BCUT2D eigenvalue weighted by Gasteiger charge is -2.45.